The maximum atomic E-state index is 11.7. The van der Waals surface area contributed by atoms with Crippen LogP contribution in [0.5, 0.6) is 0 Å². The van der Waals surface area contributed by atoms with E-state index in [1.165, 1.54) is 6.42 Å². The van der Waals surface area contributed by atoms with Crippen LogP contribution in [0.25, 0.3) is 0 Å². The minimum atomic E-state index is 0. The predicted octanol–water partition coefficient (Wildman–Crippen LogP) is 2.07. The van der Waals surface area contributed by atoms with Gasteiger partial charge in [0.2, 0.25) is 5.91 Å². The van der Waals surface area contributed by atoms with E-state index in [1.54, 1.807) is 6.26 Å². The molecule has 2 fully saturated rings. The number of guanidine groups is 1. The van der Waals surface area contributed by atoms with E-state index in [9.17, 15) is 4.79 Å². The first-order chi connectivity index (χ1) is 12.8. The third kappa shape index (κ3) is 8.50. The average molecular weight is 490 g/mol. The first-order valence-electron chi connectivity index (χ1n) is 9.75. The summed E-state index contributed by atoms with van der Waals surface area (Å²) < 4.78 is 11.1. The van der Waals surface area contributed by atoms with Crippen molar-refractivity contribution in [3.05, 3.63) is 24.2 Å². The Morgan fingerprint density at radius 1 is 1.11 bits per heavy atom. The molecule has 3 rings (SSSR count). The number of carbonyl (C=O) groups excluding carboxylic acids is 1. The van der Waals surface area contributed by atoms with E-state index in [0.29, 0.717) is 19.6 Å². The van der Waals surface area contributed by atoms with Gasteiger partial charge in [-0.3, -0.25) is 9.79 Å². The van der Waals surface area contributed by atoms with Gasteiger partial charge in [-0.15, -0.1) is 24.0 Å². The number of ether oxygens (including phenoxy) is 1. The molecule has 2 heterocycles. The van der Waals surface area contributed by atoms with Crippen LogP contribution in [0.3, 0.4) is 0 Å². The van der Waals surface area contributed by atoms with Gasteiger partial charge >= 0.3 is 0 Å². The molecular weight excluding hydrogens is 459 g/mol. The van der Waals surface area contributed by atoms with Crippen molar-refractivity contribution in [2.75, 3.05) is 32.8 Å². The Kier molecular flexibility index (Phi) is 9.96. The second kappa shape index (κ2) is 12.2. The van der Waals surface area contributed by atoms with Crippen molar-refractivity contribution in [2.45, 2.75) is 44.6 Å². The summed E-state index contributed by atoms with van der Waals surface area (Å²) in [5.41, 5.74) is 0. The van der Waals surface area contributed by atoms with Crippen molar-refractivity contribution in [3.8, 4) is 0 Å². The lowest BCUT2D eigenvalue weighted by Crippen LogP contribution is -2.43. The molecule has 1 atom stereocenters. The fourth-order valence-electron chi connectivity index (χ4n) is 2.93. The number of nitrogens with zero attached hydrogens (tertiary/aromatic N) is 1. The Morgan fingerprint density at radius 3 is 2.63 bits per heavy atom. The zero-order valence-corrected chi connectivity index (χ0v) is 18.1. The van der Waals surface area contributed by atoms with Crippen LogP contribution in [-0.4, -0.2) is 50.8 Å². The average Bonchev–Trinajstić information content (AvgIpc) is 3.40. The molecule has 1 amide bonds. The zero-order chi connectivity index (χ0) is 18.0. The fraction of sp³-hybridized carbons (Fsp3) is 0.684. The molecule has 1 aliphatic carbocycles. The highest BCUT2D eigenvalue weighted by atomic mass is 127. The SMILES string of the molecule is I.O=C(NCCNC(=NCC1CCCCO1)NCCc1ccco1)C1CC1. The summed E-state index contributed by atoms with van der Waals surface area (Å²) in [4.78, 5) is 16.3. The van der Waals surface area contributed by atoms with E-state index in [-0.39, 0.29) is 41.9 Å². The van der Waals surface area contributed by atoms with Gasteiger partial charge in [-0.05, 0) is 44.2 Å². The maximum Gasteiger partial charge on any atom is 0.223 e. The number of amides is 1. The lowest BCUT2D eigenvalue weighted by Gasteiger charge is -2.21. The second-order valence-corrected chi connectivity index (χ2v) is 6.93. The molecule has 2 aliphatic rings. The van der Waals surface area contributed by atoms with E-state index in [0.717, 1.165) is 57.0 Å². The van der Waals surface area contributed by atoms with Gasteiger partial charge in [-0.2, -0.15) is 0 Å². The van der Waals surface area contributed by atoms with Crippen molar-refractivity contribution < 1.29 is 13.9 Å². The second-order valence-electron chi connectivity index (χ2n) is 6.93. The molecule has 1 saturated heterocycles. The summed E-state index contributed by atoms with van der Waals surface area (Å²) in [6.07, 6.45) is 8.18. The van der Waals surface area contributed by atoms with Crippen molar-refractivity contribution in [2.24, 2.45) is 10.9 Å². The number of furan rings is 1. The number of hydrogen-bond donors (Lipinski definition) is 3. The van der Waals surface area contributed by atoms with E-state index < -0.39 is 0 Å². The topological polar surface area (TPSA) is 87.9 Å². The van der Waals surface area contributed by atoms with Gasteiger partial charge < -0.3 is 25.1 Å². The van der Waals surface area contributed by atoms with E-state index in [4.69, 9.17) is 9.15 Å². The molecule has 152 valence electrons. The van der Waals surface area contributed by atoms with E-state index in [2.05, 4.69) is 20.9 Å². The summed E-state index contributed by atoms with van der Waals surface area (Å²) >= 11 is 0. The molecular formula is C19H31IN4O3. The first kappa shape index (κ1) is 22.0. The van der Waals surface area contributed by atoms with E-state index in [1.807, 2.05) is 12.1 Å². The Bertz CT molecular complexity index is 570. The number of aliphatic imine (C=N–C) groups is 1. The van der Waals surface area contributed by atoms with Gasteiger partial charge in [0, 0.05) is 38.6 Å². The summed E-state index contributed by atoms with van der Waals surface area (Å²) in [6, 6.07) is 3.86. The Balaban J connectivity index is 0.00000261. The summed E-state index contributed by atoms with van der Waals surface area (Å²) in [7, 11) is 0. The number of hydrogen-bond acceptors (Lipinski definition) is 4. The minimum Gasteiger partial charge on any atom is -0.469 e. The lowest BCUT2D eigenvalue weighted by molar-refractivity contribution is -0.122. The minimum absolute atomic E-state index is 0. The van der Waals surface area contributed by atoms with Gasteiger partial charge in [-0.25, -0.2) is 0 Å². The van der Waals surface area contributed by atoms with Gasteiger partial charge in [0.1, 0.15) is 5.76 Å². The van der Waals surface area contributed by atoms with Crippen molar-refractivity contribution >= 4 is 35.8 Å². The van der Waals surface area contributed by atoms with Crippen molar-refractivity contribution in [1.29, 1.82) is 0 Å². The summed E-state index contributed by atoms with van der Waals surface area (Å²) in [5.74, 6) is 2.13. The molecule has 0 aromatic carbocycles. The Labute approximate surface area is 178 Å². The number of nitrogens with one attached hydrogen (secondary N) is 3. The molecule has 1 saturated carbocycles. The Hall–Kier alpha value is -1.29. The van der Waals surface area contributed by atoms with Crippen LogP contribution < -0.4 is 16.0 Å². The third-order valence-electron chi connectivity index (χ3n) is 4.64. The van der Waals surface area contributed by atoms with Crippen LogP contribution in [0.2, 0.25) is 0 Å². The largest absolute Gasteiger partial charge is 0.469 e. The molecule has 0 bridgehead atoms. The summed E-state index contributed by atoms with van der Waals surface area (Å²) in [6.45, 7) is 3.48. The quantitative estimate of drug-likeness (QED) is 0.214. The highest BCUT2D eigenvalue weighted by molar-refractivity contribution is 14.0. The molecule has 0 spiro atoms. The molecule has 0 radical (unpaired) electrons. The van der Waals surface area contributed by atoms with Gasteiger partial charge in [0.25, 0.3) is 0 Å². The standard InChI is InChI=1S/C19H30N4O3.HI/c24-18(15-6-7-15)20-10-11-22-19(21-9-8-16-5-3-13-25-16)23-14-17-4-1-2-12-26-17;/h3,5,13,15,17H,1-2,4,6-12,14H2,(H,20,24)(H2,21,22,23);1H. The molecule has 1 aromatic rings. The van der Waals surface area contributed by atoms with Gasteiger partial charge in [0.05, 0.1) is 18.9 Å². The van der Waals surface area contributed by atoms with Crippen molar-refractivity contribution in [1.82, 2.24) is 16.0 Å². The smallest absolute Gasteiger partial charge is 0.223 e. The van der Waals surface area contributed by atoms with Crippen LogP contribution in [-0.2, 0) is 16.0 Å². The summed E-state index contributed by atoms with van der Waals surface area (Å²) in [5, 5.41) is 9.58. The fourth-order valence-corrected chi connectivity index (χ4v) is 2.93. The molecule has 27 heavy (non-hydrogen) atoms. The lowest BCUT2D eigenvalue weighted by atomic mass is 10.1. The first-order valence-corrected chi connectivity index (χ1v) is 9.75. The number of halogens is 1. The van der Waals surface area contributed by atoms with Crippen LogP contribution >= 0.6 is 24.0 Å². The van der Waals surface area contributed by atoms with Crippen LogP contribution in [0.15, 0.2) is 27.8 Å². The predicted molar refractivity (Wildman–Crippen MR) is 115 cm³/mol. The molecule has 8 heteroatoms. The number of rotatable bonds is 9. The monoisotopic (exact) mass is 490 g/mol. The normalized spacial score (nSPS) is 19.9. The maximum absolute atomic E-state index is 11.7. The van der Waals surface area contributed by atoms with E-state index >= 15 is 0 Å². The van der Waals surface area contributed by atoms with Crippen LogP contribution in [0, 0.1) is 5.92 Å². The van der Waals surface area contributed by atoms with Crippen molar-refractivity contribution in [3.63, 3.8) is 0 Å². The van der Waals surface area contributed by atoms with Crippen LogP contribution in [0.1, 0.15) is 37.9 Å². The highest BCUT2D eigenvalue weighted by Crippen LogP contribution is 2.28. The van der Waals surface area contributed by atoms with Crippen LogP contribution in [0.4, 0.5) is 0 Å². The zero-order valence-electron chi connectivity index (χ0n) is 15.7. The molecule has 1 unspecified atom stereocenters. The Morgan fingerprint density at radius 2 is 1.93 bits per heavy atom. The molecule has 3 N–H and O–H groups in total. The van der Waals surface area contributed by atoms with Gasteiger partial charge in [0.15, 0.2) is 5.96 Å². The third-order valence-corrected chi connectivity index (χ3v) is 4.64. The molecule has 7 nitrogen and oxygen atoms in total. The van der Waals surface area contributed by atoms with Gasteiger partial charge in [-0.1, -0.05) is 0 Å². The molecule has 1 aromatic heterocycles. The number of carbonyl (C=O) groups is 1. The highest BCUT2D eigenvalue weighted by Gasteiger charge is 2.28. The molecule has 1 aliphatic heterocycles.